The fourth-order valence-electron chi connectivity index (χ4n) is 5.99. The van der Waals surface area contributed by atoms with Crippen molar-refractivity contribution in [3.8, 4) is 23.4 Å². The van der Waals surface area contributed by atoms with E-state index in [0.29, 0.717) is 42.6 Å². The second-order valence-corrected chi connectivity index (χ2v) is 11.1. The van der Waals surface area contributed by atoms with Crippen LogP contribution in [0.1, 0.15) is 41.6 Å². The Bertz CT molecular complexity index is 1650. The minimum Gasteiger partial charge on any atom is -0.368 e. The van der Waals surface area contributed by atoms with E-state index < -0.39 is 0 Å². The lowest BCUT2D eigenvalue weighted by molar-refractivity contribution is 0.0747. The topological polar surface area (TPSA) is 127 Å². The number of carbonyl (C=O) groups is 1. The van der Waals surface area contributed by atoms with Gasteiger partial charge in [0.25, 0.3) is 5.91 Å². The van der Waals surface area contributed by atoms with Crippen molar-refractivity contribution < 1.29 is 4.79 Å². The smallest absolute Gasteiger partial charge is 0.254 e. The van der Waals surface area contributed by atoms with Crippen LogP contribution in [0.25, 0.3) is 11.3 Å². The summed E-state index contributed by atoms with van der Waals surface area (Å²) >= 11 is 0. The van der Waals surface area contributed by atoms with Gasteiger partial charge in [0.1, 0.15) is 0 Å². The van der Waals surface area contributed by atoms with Gasteiger partial charge in [-0.2, -0.15) is 15.6 Å². The number of aromatic nitrogens is 4. The van der Waals surface area contributed by atoms with Crippen molar-refractivity contribution in [2.45, 2.75) is 32.2 Å². The summed E-state index contributed by atoms with van der Waals surface area (Å²) in [5.74, 6) is 0.832. The SMILES string of the molecule is N#Cc1ccc(N2CCN(C(=O)c3cccc(Nc4nccc(-c5cnn(CC(C#N)C6CCCC6)c5)n4)c3)CC2)cc1. The van der Waals surface area contributed by atoms with Gasteiger partial charge in [-0.3, -0.25) is 9.48 Å². The highest BCUT2D eigenvalue weighted by Gasteiger charge is 2.26. The van der Waals surface area contributed by atoms with Crippen LogP contribution in [0, 0.1) is 34.5 Å². The van der Waals surface area contributed by atoms with Crippen molar-refractivity contribution in [3.63, 3.8) is 0 Å². The zero-order valence-corrected chi connectivity index (χ0v) is 23.9. The molecule has 2 aliphatic rings. The summed E-state index contributed by atoms with van der Waals surface area (Å²) in [6.07, 6.45) is 10.1. The molecule has 1 unspecified atom stereocenters. The van der Waals surface area contributed by atoms with Crippen LogP contribution in [0.4, 0.5) is 17.3 Å². The van der Waals surface area contributed by atoms with Gasteiger partial charge in [-0.25, -0.2) is 9.97 Å². The Hall–Kier alpha value is -5.22. The van der Waals surface area contributed by atoms with Crippen LogP contribution in [0.5, 0.6) is 0 Å². The largest absolute Gasteiger partial charge is 0.368 e. The number of nitrogens with zero attached hydrogens (tertiary/aromatic N) is 8. The van der Waals surface area contributed by atoms with Gasteiger partial charge in [-0.05, 0) is 67.3 Å². The van der Waals surface area contributed by atoms with E-state index in [1.165, 1.54) is 12.8 Å². The number of nitriles is 2. The first-order chi connectivity index (χ1) is 21.1. The highest BCUT2D eigenvalue weighted by Crippen LogP contribution is 2.32. The zero-order valence-electron chi connectivity index (χ0n) is 23.9. The first kappa shape index (κ1) is 27.9. The third-order valence-electron chi connectivity index (χ3n) is 8.40. The molecule has 2 fully saturated rings. The molecular weight excluding hydrogens is 538 g/mol. The second kappa shape index (κ2) is 12.7. The number of anilines is 3. The Kier molecular flexibility index (Phi) is 8.28. The van der Waals surface area contributed by atoms with Gasteiger partial charge < -0.3 is 15.1 Å². The standard InChI is InChI=1S/C33H33N9O/c34-19-24-8-10-30(11-9-24)40-14-16-41(17-15-40)32(43)26-6-3-7-29(18-26)38-33-36-13-12-31(39-33)28-21-37-42(23-28)22-27(20-35)25-4-1-2-5-25/h3,6-13,18,21,23,25,27H,1-2,4-5,14-17,22H2,(H,36,38,39). The van der Waals surface area contributed by atoms with Crippen molar-refractivity contribution in [2.24, 2.45) is 11.8 Å². The predicted octanol–water partition coefficient (Wildman–Crippen LogP) is 5.25. The van der Waals surface area contributed by atoms with Crippen molar-refractivity contribution in [2.75, 3.05) is 36.4 Å². The van der Waals surface area contributed by atoms with Gasteiger partial charge in [0.15, 0.2) is 0 Å². The van der Waals surface area contributed by atoms with Crippen molar-refractivity contribution in [1.82, 2.24) is 24.6 Å². The molecule has 1 atom stereocenters. The molecule has 0 radical (unpaired) electrons. The highest BCUT2D eigenvalue weighted by molar-refractivity contribution is 5.95. The second-order valence-electron chi connectivity index (χ2n) is 11.1. The molecule has 3 heterocycles. The Balaban J connectivity index is 1.08. The first-order valence-electron chi connectivity index (χ1n) is 14.8. The summed E-state index contributed by atoms with van der Waals surface area (Å²) in [7, 11) is 0. The fraction of sp³-hybridized carbons (Fsp3) is 0.333. The number of benzene rings is 2. The van der Waals surface area contributed by atoms with Gasteiger partial charge in [-0.15, -0.1) is 0 Å². The summed E-state index contributed by atoms with van der Waals surface area (Å²) < 4.78 is 1.84. The molecule has 10 heteroatoms. The van der Waals surface area contributed by atoms with Crippen LogP contribution in [0.15, 0.2) is 73.2 Å². The number of hydrogen-bond donors (Lipinski definition) is 1. The summed E-state index contributed by atoms with van der Waals surface area (Å²) in [4.78, 5) is 26.5. The van der Waals surface area contributed by atoms with E-state index in [-0.39, 0.29) is 11.8 Å². The molecular formula is C33H33N9O. The number of piperazine rings is 1. The molecule has 1 saturated heterocycles. The molecule has 0 bridgehead atoms. The minimum atomic E-state index is -0.0284. The Morgan fingerprint density at radius 3 is 2.56 bits per heavy atom. The lowest BCUT2D eigenvalue weighted by Crippen LogP contribution is -2.48. The van der Waals surface area contributed by atoms with Gasteiger partial charge in [0.05, 0.1) is 42.1 Å². The van der Waals surface area contributed by atoms with Crippen LogP contribution >= 0.6 is 0 Å². The van der Waals surface area contributed by atoms with Crippen LogP contribution in [0.2, 0.25) is 0 Å². The van der Waals surface area contributed by atoms with E-state index in [2.05, 4.69) is 37.4 Å². The monoisotopic (exact) mass is 571 g/mol. The summed E-state index contributed by atoms with van der Waals surface area (Å²) in [5.41, 5.74) is 4.61. The zero-order chi connectivity index (χ0) is 29.6. The summed E-state index contributed by atoms with van der Waals surface area (Å²) in [6.45, 7) is 3.27. The number of amides is 1. The van der Waals surface area contributed by atoms with Crippen molar-refractivity contribution in [3.05, 3.63) is 84.3 Å². The van der Waals surface area contributed by atoms with Gasteiger partial charge in [0, 0.05) is 61.1 Å². The number of nitrogens with one attached hydrogen (secondary N) is 1. The van der Waals surface area contributed by atoms with Crippen LogP contribution < -0.4 is 10.2 Å². The molecule has 2 aromatic carbocycles. The maximum Gasteiger partial charge on any atom is 0.254 e. The predicted molar refractivity (Wildman–Crippen MR) is 163 cm³/mol. The number of carbonyl (C=O) groups excluding carboxylic acids is 1. The maximum atomic E-state index is 13.3. The Morgan fingerprint density at radius 1 is 1.02 bits per heavy atom. The molecule has 6 rings (SSSR count). The average Bonchev–Trinajstić information content (AvgIpc) is 3.77. The van der Waals surface area contributed by atoms with E-state index in [0.717, 1.165) is 48.6 Å². The molecule has 2 aromatic heterocycles. The summed E-state index contributed by atoms with van der Waals surface area (Å²) in [6, 6.07) is 21.4. The van der Waals surface area contributed by atoms with E-state index in [1.807, 2.05) is 70.4 Å². The average molecular weight is 572 g/mol. The molecule has 10 nitrogen and oxygen atoms in total. The molecule has 1 N–H and O–H groups in total. The Morgan fingerprint density at radius 2 is 1.81 bits per heavy atom. The number of hydrogen-bond acceptors (Lipinski definition) is 8. The van der Waals surface area contributed by atoms with E-state index >= 15 is 0 Å². The quantitative estimate of drug-likeness (QED) is 0.304. The lowest BCUT2D eigenvalue weighted by Gasteiger charge is -2.36. The molecule has 0 spiro atoms. The van der Waals surface area contributed by atoms with Crippen LogP contribution in [-0.2, 0) is 6.54 Å². The first-order valence-corrected chi connectivity index (χ1v) is 14.8. The lowest BCUT2D eigenvalue weighted by atomic mass is 9.92. The van der Waals surface area contributed by atoms with Gasteiger partial charge in [-0.1, -0.05) is 18.9 Å². The van der Waals surface area contributed by atoms with E-state index in [1.54, 1.807) is 12.4 Å². The fourth-order valence-corrected chi connectivity index (χ4v) is 5.99. The Labute approximate surface area is 251 Å². The summed E-state index contributed by atoms with van der Waals surface area (Å²) in [5, 5.41) is 26.5. The molecule has 1 aliphatic carbocycles. The molecule has 216 valence electrons. The highest BCUT2D eigenvalue weighted by atomic mass is 16.2. The molecule has 1 aliphatic heterocycles. The van der Waals surface area contributed by atoms with Crippen LogP contribution in [0.3, 0.4) is 0 Å². The van der Waals surface area contributed by atoms with Crippen molar-refractivity contribution >= 4 is 23.2 Å². The van der Waals surface area contributed by atoms with E-state index in [9.17, 15) is 10.1 Å². The third kappa shape index (κ3) is 6.49. The molecule has 1 amide bonds. The molecule has 4 aromatic rings. The van der Waals surface area contributed by atoms with Gasteiger partial charge in [0.2, 0.25) is 5.95 Å². The van der Waals surface area contributed by atoms with E-state index in [4.69, 9.17) is 5.26 Å². The van der Waals surface area contributed by atoms with Gasteiger partial charge >= 0.3 is 0 Å². The molecule has 43 heavy (non-hydrogen) atoms. The number of rotatable bonds is 8. The minimum absolute atomic E-state index is 0.0153. The molecule has 1 saturated carbocycles. The maximum absolute atomic E-state index is 13.3. The van der Waals surface area contributed by atoms with Crippen molar-refractivity contribution in [1.29, 1.82) is 10.5 Å². The third-order valence-corrected chi connectivity index (χ3v) is 8.40. The normalized spacial score (nSPS) is 16.0. The van der Waals surface area contributed by atoms with Crippen LogP contribution in [-0.4, -0.2) is 56.7 Å².